The monoisotopic (exact) mass is 265 g/mol. The molecule has 0 spiro atoms. The summed E-state index contributed by atoms with van der Waals surface area (Å²) in [5, 5.41) is 9.29. The van der Waals surface area contributed by atoms with Gasteiger partial charge in [0.2, 0.25) is 0 Å². The summed E-state index contributed by atoms with van der Waals surface area (Å²) < 4.78 is 46.5. The van der Waals surface area contributed by atoms with Crippen LogP contribution >= 0.6 is 0 Å². The fourth-order valence-corrected chi connectivity index (χ4v) is 1.07. The first-order valence-electron chi connectivity index (χ1n) is 5.25. The van der Waals surface area contributed by atoms with Gasteiger partial charge in [-0.15, -0.1) is 10.2 Å². The minimum absolute atomic E-state index is 0.276. The van der Waals surface area contributed by atoms with Gasteiger partial charge in [0.15, 0.2) is 5.69 Å². The van der Waals surface area contributed by atoms with Crippen LogP contribution in [0, 0.1) is 0 Å². The van der Waals surface area contributed by atoms with E-state index in [2.05, 4.69) is 15.5 Å². The Morgan fingerprint density at radius 2 is 1.94 bits per heavy atom. The van der Waals surface area contributed by atoms with Gasteiger partial charge in [-0.1, -0.05) is 0 Å². The summed E-state index contributed by atoms with van der Waals surface area (Å²) in [7, 11) is 1.57. The van der Waals surface area contributed by atoms with Gasteiger partial charge in [-0.05, 0) is 12.1 Å². The second-order valence-electron chi connectivity index (χ2n) is 3.33. The lowest BCUT2D eigenvalue weighted by Gasteiger charge is -2.07. The van der Waals surface area contributed by atoms with Gasteiger partial charge in [0.1, 0.15) is 5.82 Å². The molecule has 0 fully saturated rings. The molecule has 1 aromatic heterocycles. The maximum Gasteiger partial charge on any atom is 0.435 e. The van der Waals surface area contributed by atoms with E-state index >= 15 is 0 Å². The van der Waals surface area contributed by atoms with Crippen LogP contribution in [0.4, 0.5) is 19.0 Å². The zero-order valence-electron chi connectivity index (χ0n) is 9.83. The number of aromatic nitrogens is 2. The summed E-state index contributed by atoms with van der Waals surface area (Å²) in [5.41, 5.74) is -1.01. The fourth-order valence-electron chi connectivity index (χ4n) is 1.07. The molecule has 18 heavy (non-hydrogen) atoms. The number of rotatable bonds is 7. The summed E-state index contributed by atoms with van der Waals surface area (Å²) in [6.45, 7) is 1.81. The third kappa shape index (κ3) is 5.28. The number of ether oxygens (including phenoxy) is 2. The highest BCUT2D eigenvalue weighted by atomic mass is 19.4. The molecule has 5 nitrogen and oxygen atoms in total. The minimum Gasteiger partial charge on any atom is -0.382 e. The van der Waals surface area contributed by atoms with Crippen LogP contribution in [0.3, 0.4) is 0 Å². The van der Waals surface area contributed by atoms with Crippen molar-refractivity contribution in [2.24, 2.45) is 0 Å². The van der Waals surface area contributed by atoms with Gasteiger partial charge in [0.25, 0.3) is 0 Å². The Bertz CT molecular complexity index is 343. The van der Waals surface area contributed by atoms with E-state index in [1.165, 1.54) is 6.07 Å². The van der Waals surface area contributed by atoms with E-state index in [1.54, 1.807) is 7.11 Å². The summed E-state index contributed by atoms with van der Waals surface area (Å²) in [4.78, 5) is 0. The normalized spacial score (nSPS) is 11.6. The zero-order valence-corrected chi connectivity index (χ0v) is 9.83. The van der Waals surface area contributed by atoms with Gasteiger partial charge in [-0.25, -0.2) is 0 Å². The summed E-state index contributed by atoms with van der Waals surface area (Å²) in [5.74, 6) is 0.276. The van der Waals surface area contributed by atoms with E-state index < -0.39 is 11.9 Å². The van der Waals surface area contributed by atoms with E-state index in [4.69, 9.17) is 9.47 Å². The van der Waals surface area contributed by atoms with Crippen molar-refractivity contribution >= 4 is 5.82 Å². The van der Waals surface area contributed by atoms with Gasteiger partial charge in [0, 0.05) is 13.7 Å². The smallest absolute Gasteiger partial charge is 0.382 e. The number of anilines is 1. The third-order valence-electron chi connectivity index (χ3n) is 1.94. The zero-order chi connectivity index (χ0) is 13.4. The van der Waals surface area contributed by atoms with Crippen molar-refractivity contribution in [1.82, 2.24) is 10.2 Å². The number of nitrogens with one attached hydrogen (secondary N) is 1. The SMILES string of the molecule is COCCOCCNc1ccc(C(F)(F)F)nn1. The van der Waals surface area contributed by atoms with Crippen molar-refractivity contribution in [2.75, 3.05) is 38.8 Å². The van der Waals surface area contributed by atoms with Crippen molar-refractivity contribution in [3.8, 4) is 0 Å². The van der Waals surface area contributed by atoms with Crippen LogP contribution in [-0.4, -0.2) is 43.7 Å². The highest BCUT2D eigenvalue weighted by Gasteiger charge is 2.32. The molecule has 0 aliphatic heterocycles. The molecule has 1 heterocycles. The van der Waals surface area contributed by atoms with Crippen molar-refractivity contribution in [1.29, 1.82) is 0 Å². The molecule has 0 saturated heterocycles. The Balaban J connectivity index is 2.27. The van der Waals surface area contributed by atoms with Crippen LogP contribution < -0.4 is 5.32 Å². The molecule has 102 valence electrons. The molecule has 1 rings (SSSR count). The van der Waals surface area contributed by atoms with Crippen molar-refractivity contribution in [2.45, 2.75) is 6.18 Å². The Kier molecular flexibility index (Phi) is 5.79. The Labute approximate surface area is 102 Å². The standard InChI is InChI=1S/C10H14F3N3O2/c1-17-6-7-18-5-4-14-9-3-2-8(15-16-9)10(11,12)13/h2-3H,4-7H2,1H3,(H,14,16). The average Bonchev–Trinajstić information content (AvgIpc) is 2.33. The van der Waals surface area contributed by atoms with E-state index in [9.17, 15) is 13.2 Å². The lowest BCUT2D eigenvalue weighted by molar-refractivity contribution is -0.141. The van der Waals surface area contributed by atoms with E-state index in [1.807, 2.05) is 0 Å². The maximum atomic E-state index is 12.2. The average molecular weight is 265 g/mol. The molecule has 0 amide bonds. The molecular formula is C10H14F3N3O2. The van der Waals surface area contributed by atoms with Gasteiger partial charge in [0.05, 0.1) is 19.8 Å². The first-order valence-corrected chi connectivity index (χ1v) is 5.25. The van der Waals surface area contributed by atoms with E-state index in [-0.39, 0.29) is 5.82 Å². The molecule has 8 heteroatoms. The molecule has 0 aromatic carbocycles. The highest BCUT2D eigenvalue weighted by Crippen LogP contribution is 2.26. The van der Waals surface area contributed by atoms with Gasteiger partial charge >= 0.3 is 6.18 Å². The third-order valence-corrected chi connectivity index (χ3v) is 1.94. The Morgan fingerprint density at radius 3 is 2.50 bits per heavy atom. The van der Waals surface area contributed by atoms with E-state index in [0.717, 1.165) is 6.07 Å². The van der Waals surface area contributed by atoms with Crippen LogP contribution in [0.15, 0.2) is 12.1 Å². The second kappa shape index (κ2) is 7.12. The largest absolute Gasteiger partial charge is 0.435 e. The minimum atomic E-state index is -4.46. The van der Waals surface area contributed by atoms with Gasteiger partial charge < -0.3 is 14.8 Å². The molecule has 0 saturated carbocycles. The Morgan fingerprint density at radius 1 is 1.17 bits per heavy atom. The number of halogens is 3. The highest BCUT2D eigenvalue weighted by molar-refractivity contribution is 5.33. The topological polar surface area (TPSA) is 56.3 Å². The summed E-state index contributed by atoms with van der Waals surface area (Å²) in [6.07, 6.45) is -4.46. The molecule has 0 aliphatic carbocycles. The van der Waals surface area contributed by atoms with Crippen molar-refractivity contribution < 1.29 is 22.6 Å². The molecule has 1 N–H and O–H groups in total. The van der Waals surface area contributed by atoms with Crippen LogP contribution in [0.1, 0.15) is 5.69 Å². The number of alkyl halides is 3. The second-order valence-corrected chi connectivity index (χ2v) is 3.33. The molecular weight excluding hydrogens is 251 g/mol. The van der Waals surface area contributed by atoms with Crippen LogP contribution in [0.25, 0.3) is 0 Å². The van der Waals surface area contributed by atoms with Crippen LogP contribution in [0.5, 0.6) is 0 Å². The quantitative estimate of drug-likeness (QED) is 0.758. The number of hydrogen-bond acceptors (Lipinski definition) is 5. The van der Waals surface area contributed by atoms with Crippen LogP contribution in [-0.2, 0) is 15.7 Å². The number of hydrogen-bond donors (Lipinski definition) is 1. The summed E-state index contributed by atoms with van der Waals surface area (Å²) >= 11 is 0. The lowest BCUT2D eigenvalue weighted by atomic mass is 10.4. The van der Waals surface area contributed by atoms with E-state index in [0.29, 0.717) is 26.4 Å². The Hall–Kier alpha value is -1.41. The fraction of sp³-hybridized carbons (Fsp3) is 0.600. The predicted octanol–water partition coefficient (Wildman–Crippen LogP) is 1.57. The lowest BCUT2D eigenvalue weighted by Crippen LogP contribution is -2.14. The number of nitrogens with zero attached hydrogens (tertiary/aromatic N) is 2. The van der Waals surface area contributed by atoms with Crippen molar-refractivity contribution in [3.63, 3.8) is 0 Å². The molecule has 0 atom stereocenters. The summed E-state index contributed by atoms with van der Waals surface area (Å²) in [6, 6.07) is 2.10. The first-order chi connectivity index (χ1) is 8.54. The van der Waals surface area contributed by atoms with Gasteiger partial charge in [-0.3, -0.25) is 0 Å². The number of methoxy groups -OCH3 is 1. The van der Waals surface area contributed by atoms with Gasteiger partial charge in [-0.2, -0.15) is 13.2 Å². The molecule has 0 radical (unpaired) electrons. The molecule has 0 bridgehead atoms. The molecule has 0 unspecified atom stereocenters. The molecule has 0 aliphatic rings. The molecule has 1 aromatic rings. The van der Waals surface area contributed by atoms with Crippen molar-refractivity contribution in [3.05, 3.63) is 17.8 Å². The van der Waals surface area contributed by atoms with Crippen LogP contribution in [0.2, 0.25) is 0 Å². The predicted molar refractivity (Wildman–Crippen MR) is 58.2 cm³/mol. The first kappa shape index (κ1) is 14.7. The maximum absolute atomic E-state index is 12.2.